The number of amides is 1. The highest BCUT2D eigenvalue weighted by Crippen LogP contribution is 2.23. The minimum atomic E-state index is -1.99. The van der Waals surface area contributed by atoms with E-state index in [0.29, 0.717) is 17.2 Å². The number of esters is 2. The van der Waals surface area contributed by atoms with Crippen LogP contribution in [-0.4, -0.2) is 41.1 Å². The van der Waals surface area contributed by atoms with E-state index in [1.165, 1.54) is 12.1 Å². The fourth-order valence-electron chi connectivity index (χ4n) is 2.30. The Hall–Kier alpha value is -3.88. The number of carboxylic acids is 1. The molecule has 9 nitrogen and oxygen atoms in total. The highest BCUT2D eigenvalue weighted by molar-refractivity contribution is 5.99. The molecule has 0 saturated carbocycles. The van der Waals surface area contributed by atoms with Crippen LogP contribution in [0.4, 0.5) is 5.69 Å². The number of hydrogen-bond donors (Lipinski definition) is 2. The van der Waals surface area contributed by atoms with Crippen LogP contribution in [0.25, 0.3) is 0 Å². The van der Waals surface area contributed by atoms with Crippen molar-refractivity contribution in [1.29, 1.82) is 0 Å². The first-order valence-electron chi connectivity index (χ1n) is 8.47. The van der Waals surface area contributed by atoms with Gasteiger partial charge in [0, 0.05) is 19.5 Å². The van der Waals surface area contributed by atoms with Gasteiger partial charge in [0.05, 0.1) is 0 Å². The van der Waals surface area contributed by atoms with Gasteiger partial charge in [-0.1, -0.05) is 18.2 Å². The summed E-state index contributed by atoms with van der Waals surface area (Å²) in [6.07, 6.45) is -3.86. The predicted octanol–water partition coefficient (Wildman–Crippen LogP) is 2.37. The molecule has 2 N–H and O–H groups in total. The van der Waals surface area contributed by atoms with E-state index in [0.717, 1.165) is 13.8 Å². The third kappa shape index (κ3) is 6.65. The van der Waals surface area contributed by atoms with Gasteiger partial charge in [0.1, 0.15) is 11.5 Å². The van der Waals surface area contributed by atoms with Gasteiger partial charge >= 0.3 is 17.9 Å². The molecule has 0 aliphatic heterocycles. The molecule has 2 atom stereocenters. The van der Waals surface area contributed by atoms with Crippen LogP contribution in [0.3, 0.4) is 0 Å². The fraction of sp³-hybridized carbons (Fsp3) is 0.200. The second-order valence-electron chi connectivity index (χ2n) is 5.83. The predicted molar refractivity (Wildman–Crippen MR) is 100 cm³/mol. The van der Waals surface area contributed by atoms with Crippen LogP contribution in [-0.2, 0) is 28.7 Å². The maximum Gasteiger partial charge on any atom is 0.349 e. The summed E-state index contributed by atoms with van der Waals surface area (Å²) in [7, 11) is 0. The normalized spacial score (nSPS) is 12.2. The molecule has 0 bridgehead atoms. The molecular formula is C20H19NO8. The highest BCUT2D eigenvalue weighted by atomic mass is 16.6. The number of hydrogen-bond acceptors (Lipinski definition) is 7. The number of ether oxygens (including phenoxy) is 3. The molecule has 0 unspecified atom stereocenters. The molecule has 0 fully saturated rings. The number of benzene rings is 2. The van der Waals surface area contributed by atoms with Gasteiger partial charge in [0.2, 0.25) is 12.2 Å². The molecule has 2 aromatic rings. The monoisotopic (exact) mass is 401 g/mol. The van der Waals surface area contributed by atoms with E-state index < -0.39 is 36.0 Å². The largest absolute Gasteiger partial charge is 0.478 e. The van der Waals surface area contributed by atoms with E-state index in [-0.39, 0.29) is 0 Å². The number of rotatable bonds is 8. The summed E-state index contributed by atoms with van der Waals surface area (Å²) in [6, 6.07) is 15.3. The van der Waals surface area contributed by atoms with Crippen LogP contribution >= 0.6 is 0 Å². The molecule has 0 radical (unpaired) electrons. The fourth-order valence-corrected chi connectivity index (χ4v) is 2.30. The zero-order chi connectivity index (χ0) is 21.4. The lowest BCUT2D eigenvalue weighted by atomic mass is 10.1. The Morgan fingerprint density at radius 2 is 1.31 bits per heavy atom. The molecule has 0 aliphatic rings. The maximum atomic E-state index is 12.5. The number of nitrogens with one attached hydrogen (secondary N) is 1. The van der Waals surface area contributed by atoms with Crippen molar-refractivity contribution in [3.05, 3.63) is 54.6 Å². The first-order valence-corrected chi connectivity index (χ1v) is 8.47. The maximum absolute atomic E-state index is 12.5. The van der Waals surface area contributed by atoms with Crippen molar-refractivity contribution in [3.8, 4) is 11.5 Å². The minimum absolute atomic E-state index is 0.291. The second-order valence-corrected chi connectivity index (χ2v) is 5.83. The lowest BCUT2D eigenvalue weighted by Gasteiger charge is -2.22. The van der Waals surface area contributed by atoms with Crippen LogP contribution in [0.5, 0.6) is 11.5 Å². The zero-order valence-electron chi connectivity index (χ0n) is 15.7. The molecule has 0 aromatic heterocycles. The Morgan fingerprint density at radius 3 is 1.83 bits per heavy atom. The van der Waals surface area contributed by atoms with Crippen molar-refractivity contribution in [2.75, 3.05) is 5.32 Å². The Kier molecular flexibility index (Phi) is 7.30. The molecule has 0 spiro atoms. The molecule has 1 amide bonds. The SMILES string of the molecule is CC(=O)O[C@@H](C(=O)O)[C@@H](OC(C)=O)C(=O)Nc1ccc(Oc2ccccc2)cc1. The first kappa shape index (κ1) is 21.4. The Bertz CT molecular complexity index is 879. The van der Waals surface area contributed by atoms with Gasteiger partial charge in [-0.3, -0.25) is 14.4 Å². The van der Waals surface area contributed by atoms with Crippen LogP contribution in [0.15, 0.2) is 54.6 Å². The summed E-state index contributed by atoms with van der Waals surface area (Å²) in [5.74, 6) is -3.31. The quantitative estimate of drug-likeness (QED) is 0.645. The molecule has 0 heterocycles. The third-order valence-electron chi connectivity index (χ3n) is 3.46. The van der Waals surface area contributed by atoms with Gasteiger partial charge < -0.3 is 24.6 Å². The first-order chi connectivity index (χ1) is 13.8. The molecule has 0 saturated heterocycles. The van der Waals surface area contributed by atoms with Gasteiger partial charge in [-0.15, -0.1) is 0 Å². The van der Waals surface area contributed by atoms with Crippen molar-refractivity contribution in [2.45, 2.75) is 26.1 Å². The van der Waals surface area contributed by atoms with E-state index in [2.05, 4.69) is 10.1 Å². The Morgan fingerprint density at radius 1 is 0.793 bits per heavy atom. The van der Waals surface area contributed by atoms with E-state index in [9.17, 15) is 24.3 Å². The molecule has 2 aromatic carbocycles. The molecule has 2 rings (SSSR count). The summed E-state index contributed by atoms with van der Waals surface area (Å²) < 4.78 is 15.0. The summed E-state index contributed by atoms with van der Waals surface area (Å²) in [6.45, 7) is 1.98. The van der Waals surface area contributed by atoms with Crippen LogP contribution < -0.4 is 10.1 Å². The van der Waals surface area contributed by atoms with Crippen molar-refractivity contribution in [3.63, 3.8) is 0 Å². The standard InChI is InChI=1S/C20H19NO8/c1-12(22)27-17(18(20(25)26)28-13(2)23)19(24)21-14-8-10-16(11-9-14)29-15-6-4-3-5-7-15/h3-11,17-18H,1-2H3,(H,21,24)(H,25,26)/t17-,18-/m1/s1. The van der Waals surface area contributed by atoms with Crippen LogP contribution in [0.1, 0.15) is 13.8 Å². The number of anilines is 1. The van der Waals surface area contributed by atoms with Crippen molar-refractivity contribution in [1.82, 2.24) is 0 Å². The molecule has 29 heavy (non-hydrogen) atoms. The summed E-state index contributed by atoms with van der Waals surface area (Å²) in [4.78, 5) is 46.3. The topological polar surface area (TPSA) is 128 Å². The lowest BCUT2D eigenvalue weighted by Crippen LogP contribution is -2.47. The highest BCUT2D eigenvalue weighted by Gasteiger charge is 2.39. The number of carbonyl (C=O) groups is 4. The van der Waals surface area contributed by atoms with Gasteiger partial charge in [-0.2, -0.15) is 0 Å². The summed E-state index contributed by atoms with van der Waals surface area (Å²) in [5.41, 5.74) is 0.291. The lowest BCUT2D eigenvalue weighted by molar-refractivity contribution is -0.179. The van der Waals surface area contributed by atoms with Gasteiger partial charge in [-0.05, 0) is 36.4 Å². The molecule has 9 heteroatoms. The van der Waals surface area contributed by atoms with E-state index in [1.54, 1.807) is 24.3 Å². The van der Waals surface area contributed by atoms with Gasteiger partial charge in [0.25, 0.3) is 5.91 Å². The Balaban J connectivity index is 2.12. The average Bonchev–Trinajstić information content (AvgIpc) is 2.66. The van der Waals surface area contributed by atoms with E-state index in [1.807, 2.05) is 18.2 Å². The van der Waals surface area contributed by atoms with E-state index in [4.69, 9.17) is 9.47 Å². The molecule has 152 valence electrons. The van der Waals surface area contributed by atoms with Crippen molar-refractivity contribution in [2.24, 2.45) is 0 Å². The second kappa shape index (κ2) is 9.88. The number of carbonyl (C=O) groups excluding carboxylic acids is 3. The van der Waals surface area contributed by atoms with E-state index >= 15 is 0 Å². The third-order valence-corrected chi connectivity index (χ3v) is 3.46. The van der Waals surface area contributed by atoms with Gasteiger partial charge in [0.15, 0.2) is 0 Å². The number of carboxylic acid groups (broad SMARTS) is 1. The molecule has 0 aliphatic carbocycles. The Labute approximate surface area is 166 Å². The number of para-hydroxylation sites is 1. The van der Waals surface area contributed by atoms with Crippen molar-refractivity contribution >= 4 is 29.5 Å². The summed E-state index contributed by atoms with van der Waals surface area (Å²) in [5, 5.41) is 11.7. The van der Waals surface area contributed by atoms with Crippen molar-refractivity contribution < 1.29 is 38.5 Å². The van der Waals surface area contributed by atoms with Crippen LogP contribution in [0, 0.1) is 0 Å². The van der Waals surface area contributed by atoms with Crippen LogP contribution in [0.2, 0.25) is 0 Å². The van der Waals surface area contributed by atoms with Gasteiger partial charge in [-0.25, -0.2) is 4.79 Å². The zero-order valence-corrected chi connectivity index (χ0v) is 15.7. The minimum Gasteiger partial charge on any atom is -0.478 e. The smallest absolute Gasteiger partial charge is 0.349 e. The average molecular weight is 401 g/mol. The summed E-state index contributed by atoms with van der Waals surface area (Å²) >= 11 is 0. The molecular weight excluding hydrogens is 382 g/mol. The number of aliphatic carboxylic acids is 1.